The van der Waals surface area contributed by atoms with Crippen molar-refractivity contribution in [3.63, 3.8) is 0 Å². The number of anilines is 1. The number of piperazine rings is 1. The Balaban J connectivity index is 2.52. The Bertz CT molecular complexity index is 543. The minimum absolute atomic E-state index is 0.136. The Morgan fingerprint density at radius 2 is 2.16 bits per heavy atom. The lowest BCUT2D eigenvalue weighted by Gasteiger charge is -2.43. The van der Waals surface area contributed by atoms with Gasteiger partial charge in [0.25, 0.3) is 0 Å². The van der Waals surface area contributed by atoms with Gasteiger partial charge in [0.2, 0.25) is 5.91 Å². The highest BCUT2D eigenvalue weighted by atomic mass is 19.1. The molecule has 0 spiro atoms. The zero-order valence-corrected chi connectivity index (χ0v) is 10.7. The van der Waals surface area contributed by atoms with Gasteiger partial charge in [-0.3, -0.25) is 4.79 Å². The number of nitrogens with one attached hydrogen (secondary N) is 1. The zero-order chi connectivity index (χ0) is 14.2. The molecule has 6 heteroatoms. The third-order valence-electron chi connectivity index (χ3n) is 3.33. The molecule has 1 saturated heterocycles. The van der Waals surface area contributed by atoms with Crippen molar-refractivity contribution in [1.82, 2.24) is 5.32 Å². The number of hydrogen-bond acceptors (Lipinski definition) is 3. The molecule has 1 aromatic carbocycles. The second-order valence-corrected chi connectivity index (χ2v) is 4.93. The minimum atomic E-state index is -1.21. The maximum atomic E-state index is 13.2. The van der Waals surface area contributed by atoms with Crippen LogP contribution in [-0.4, -0.2) is 35.6 Å². The number of carboxylic acid groups (broad SMARTS) is 1. The molecule has 0 radical (unpaired) electrons. The van der Waals surface area contributed by atoms with Gasteiger partial charge in [0, 0.05) is 13.1 Å². The molecule has 0 unspecified atom stereocenters. The van der Waals surface area contributed by atoms with E-state index in [2.05, 4.69) is 5.32 Å². The molecule has 0 atom stereocenters. The van der Waals surface area contributed by atoms with Crippen LogP contribution in [0.5, 0.6) is 0 Å². The summed E-state index contributed by atoms with van der Waals surface area (Å²) in [6.45, 7) is 4.32. The molecule has 1 aromatic rings. The van der Waals surface area contributed by atoms with Gasteiger partial charge in [-0.1, -0.05) is 0 Å². The molecule has 1 aliphatic heterocycles. The van der Waals surface area contributed by atoms with Crippen LogP contribution in [-0.2, 0) is 4.79 Å². The Kier molecular flexibility index (Phi) is 3.18. The van der Waals surface area contributed by atoms with Crippen LogP contribution in [0.4, 0.5) is 10.1 Å². The van der Waals surface area contributed by atoms with Gasteiger partial charge in [-0.2, -0.15) is 0 Å². The summed E-state index contributed by atoms with van der Waals surface area (Å²) in [6.07, 6.45) is 0. The number of nitrogens with zero attached hydrogens (tertiary/aromatic N) is 1. The van der Waals surface area contributed by atoms with E-state index in [-0.39, 0.29) is 11.5 Å². The van der Waals surface area contributed by atoms with Crippen molar-refractivity contribution >= 4 is 17.6 Å². The summed E-state index contributed by atoms with van der Waals surface area (Å²) in [5, 5.41) is 11.9. The van der Waals surface area contributed by atoms with Crippen molar-refractivity contribution in [3.8, 4) is 0 Å². The highest BCUT2D eigenvalue weighted by Gasteiger charge is 2.39. The van der Waals surface area contributed by atoms with Crippen molar-refractivity contribution in [2.24, 2.45) is 0 Å². The molecular weight excluding hydrogens is 251 g/mol. The molecule has 1 amide bonds. The number of carboxylic acids is 1. The molecule has 0 saturated carbocycles. The summed E-state index contributed by atoms with van der Waals surface area (Å²) >= 11 is 0. The van der Waals surface area contributed by atoms with Crippen molar-refractivity contribution in [2.45, 2.75) is 19.4 Å². The monoisotopic (exact) mass is 266 g/mol. The topological polar surface area (TPSA) is 69.6 Å². The SMILES string of the molecule is CC1(C)C(=O)NCCN1c1ccc(F)cc1C(=O)O. The number of rotatable bonds is 2. The molecule has 1 aliphatic rings. The lowest BCUT2D eigenvalue weighted by Crippen LogP contribution is -2.62. The lowest BCUT2D eigenvalue weighted by molar-refractivity contribution is -0.126. The summed E-state index contributed by atoms with van der Waals surface area (Å²) in [4.78, 5) is 24.8. The Labute approximate surface area is 110 Å². The van der Waals surface area contributed by atoms with Crippen LogP contribution in [0.1, 0.15) is 24.2 Å². The molecule has 0 aromatic heterocycles. The highest BCUT2D eigenvalue weighted by Crippen LogP contribution is 2.29. The third kappa shape index (κ3) is 2.25. The summed E-state index contributed by atoms with van der Waals surface area (Å²) in [5.74, 6) is -2.00. The lowest BCUT2D eigenvalue weighted by atomic mass is 9.96. The Morgan fingerprint density at radius 3 is 2.79 bits per heavy atom. The predicted molar refractivity (Wildman–Crippen MR) is 67.8 cm³/mol. The van der Waals surface area contributed by atoms with E-state index < -0.39 is 17.3 Å². The van der Waals surface area contributed by atoms with Crippen LogP contribution in [0, 0.1) is 5.82 Å². The minimum Gasteiger partial charge on any atom is -0.478 e. The number of hydrogen-bond donors (Lipinski definition) is 2. The van der Waals surface area contributed by atoms with Crippen LogP contribution < -0.4 is 10.2 Å². The van der Waals surface area contributed by atoms with Crippen LogP contribution >= 0.6 is 0 Å². The van der Waals surface area contributed by atoms with Gasteiger partial charge in [0.15, 0.2) is 0 Å². The smallest absolute Gasteiger partial charge is 0.337 e. The van der Waals surface area contributed by atoms with Crippen LogP contribution in [0.3, 0.4) is 0 Å². The van der Waals surface area contributed by atoms with E-state index >= 15 is 0 Å². The molecule has 2 rings (SSSR count). The molecule has 0 aliphatic carbocycles. The van der Waals surface area contributed by atoms with Crippen molar-refractivity contribution in [2.75, 3.05) is 18.0 Å². The van der Waals surface area contributed by atoms with Crippen LogP contribution in [0.2, 0.25) is 0 Å². The van der Waals surface area contributed by atoms with Crippen LogP contribution in [0.25, 0.3) is 0 Å². The first-order valence-electron chi connectivity index (χ1n) is 5.93. The highest BCUT2D eigenvalue weighted by molar-refractivity contribution is 5.97. The van der Waals surface area contributed by atoms with E-state index in [9.17, 15) is 14.0 Å². The van der Waals surface area contributed by atoms with Gasteiger partial charge in [0.1, 0.15) is 11.4 Å². The maximum Gasteiger partial charge on any atom is 0.337 e. The average molecular weight is 266 g/mol. The summed E-state index contributed by atoms with van der Waals surface area (Å²) in [6, 6.07) is 3.57. The summed E-state index contributed by atoms with van der Waals surface area (Å²) < 4.78 is 13.2. The van der Waals surface area contributed by atoms with Gasteiger partial charge >= 0.3 is 5.97 Å². The van der Waals surface area contributed by atoms with Gasteiger partial charge in [-0.15, -0.1) is 0 Å². The largest absolute Gasteiger partial charge is 0.478 e. The van der Waals surface area contributed by atoms with E-state index in [0.29, 0.717) is 18.8 Å². The van der Waals surface area contributed by atoms with Crippen molar-refractivity contribution in [1.29, 1.82) is 0 Å². The quantitative estimate of drug-likeness (QED) is 0.845. The number of halogens is 1. The van der Waals surface area contributed by atoms with Crippen molar-refractivity contribution < 1.29 is 19.1 Å². The molecule has 2 N–H and O–H groups in total. The molecule has 19 heavy (non-hydrogen) atoms. The first-order valence-corrected chi connectivity index (χ1v) is 5.93. The van der Waals surface area contributed by atoms with E-state index in [1.807, 2.05) is 0 Å². The van der Waals surface area contributed by atoms with E-state index in [4.69, 9.17) is 5.11 Å². The first kappa shape index (κ1) is 13.3. The van der Waals surface area contributed by atoms with E-state index in [0.717, 1.165) is 6.07 Å². The third-order valence-corrected chi connectivity index (χ3v) is 3.33. The van der Waals surface area contributed by atoms with Crippen LogP contribution in [0.15, 0.2) is 18.2 Å². The number of amides is 1. The van der Waals surface area contributed by atoms with Crippen molar-refractivity contribution in [3.05, 3.63) is 29.6 Å². The Hall–Kier alpha value is -2.11. The van der Waals surface area contributed by atoms with Gasteiger partial charge in [-0.05, 0) is 32.0 Å². The number of carbonyl (C=O) groups is 2. The fourth-order valence-electron chi connectivity index (χ4n) is 2.24. The molecule has 102 valence electrons. The number of carbonyl (C=O) groups excluding carboxylic acids is 1. The predicted octanol–water partition coefficient (Wildman–Crippen LogP) is 1.24. The number of benzene rings is 1. The summed E-state index contributed by atoms with van der Waals surface area (Å²) in [7, 11) is 0. The van der Waals surface area contributed by atoms with E-state index in [1.54, 1.807) is 18.7 Å². The second kappa shape index (κ2) is 4.53. The standard InChI is InChI=1S/C13H15FN2O3/c1-13(2)12(19)15-5-6-16(13)10-4-3-8(14)7-9(10)11(17)18/h3-4,7H,5-6H2,1-2H3,(H,15,19)(H,17,18). The van der Waals surface area contributed by atoms with Gasteiger partial charge in [0.05, 0.1) is 11.3 Å². The maximum absolute atomic E-state index is 13.2. The fourth-order valence-corrected chi connectivity index (χ4v) is 2.24. The first-order chi connectivity index (χ1) is 8.84. The van der Waals surface area contributed by atoms with Gasteiger partial charge in [-0.25, -0.2) is 9.18 Å². The number of aromatic carboxylic acids is 1. The fraction of sp³-hybridized carbons (Fsp3) is 0.385. The van der Waals surface area contributed by atoms with Gasteiger partial charge < -0.3 is 15.3 Å². The summed E-state index contributed by atoms with van der Waals surface area (Å²) in [5.41, 5.74) is -0.656. The molecule has 5 nitrogen and oxygen atoms in total. The normalized spacial score (nSPS) is 18.1. The second-order valence-electron chi connectivity index (χ2n) is 4.93. The molecular formula is C13H15FN2O3. The molecule has 0 bridgehead atoms. The average Bonchev–Trinajstić information content (AvgIpc) is 2.33. The molecule has 1 fully saturated rings. The molecule has 1 heterocycles. The zero-order valence-electron chi connectivity index (χ0n) is 10.7. The van der Waals surface area contributed by atoms with E-state index in [1.165, 1.54) is 12.1 Å². The Morgan fingerprint density at radius 1 is 1.47 bits per heavy atom.